The Morgan fingerprint density at radius 1 is 1.21 bits per heavy atom. The number of likely N-dealkylation sites (N-methyl/N-ethyl adjacent to an activating group) is 1. The Bertz CT molecular complexity index is 1620. The highest BCUT2D eigenvalue weighted by Gasteiger charge is 2.23. The first-order valence-corrected chi connectivity index (χ1v) is 13.0. The minimum Gasteiger partial charge on any atom is -0.375 e. The zero-order valence-electron chi connectivity index (χ0n) is 21.9. The number of hydrogen-bond acceptors (Lipinski definition) is 9. The van der Waals surface area contributed by atoms with E-state index in [-0.39, 0.29) is 11.6 Å². The number of fused-ring (bicyclic) bond motifs is 1. The number of aryl methyl sites for hydroxylation is 1. The number of rotatable bonds is 8. The van der Waals surface area contributed by atoms with Gasteiger partial charge in [0.25, 0.3) is 5.56 Å². The van der Waals surface area contributed by atoms with Crippen LogP contribution in [0.5, 0.6) is 0 Å². The van der Waals surface area contributed by atoms with Crippen molar-refractivity contribution in [1.82, 2.24) is 24.5 Å². The number of benzene rings is 1. The summed E-state index contributed by atoms with van der Waals surface area (Å²) in [4.78, 5) is 32.6. The van der Waals surface area contributed by atoms with Crippen molar-refractivity contribution in [3.05, 3.63) is 81.4 Å². The molecule has 200 valence electrons. The molecular formula is C27H30ClN10O+. The molecule has 0 spiro atoms. The predicted octanol–water partition coefficient (Wildman–Crippen LogP) is 3.00. The predicted molar refractivity (Wildman–Crippen MR) is 154 cm³/mol. The first-order valence-electron chi connectivity index (χ1n) is 12.6. The first kappa shape index (κ1) is 26.3. The van der Waals surface area contributed by atoms with E-state index in [0.29, 0.717) is 41.4 Å². The number of pyridine rings is 1. The molecule has 0 amide bonds. The van der Waals surface area contributed by atoms with E-state index in [0.717, 1.165) is 34.3 Å². The van der Waals surface area contributed by atoms with Crippen molar-refractivity contribution < 1.29 is 5.32 Å². The normalized spacial score (nSPS) is 14.4. The molecule has 11 nitrogen and oxygen atoms in total. The molecule has 39 heavy (non-hydrogen) atoms. The summed E-state index contributed by atoms with van der Waals surface area (Å²) in [5.74, 6) is 1.67. The van der Waals surface area contributed by atoms with Gasteiger partial charge in [0.1, 0.15) is 16.5 Å². The number of hydrogen-bond donors (Lipinski definition) is 4. The van der Waals surface area contributed by atoms with Gasteiger partial charge in [0, 0.05) is 60.6 Å². The van der Waals surface area contributed by atoms with E-state index in [2.05, 4.69) is 30.5 Å². The van der Waals surface area contributed by atoms with Gasteiger partial charge in [-0.2, -0.15) is 4.98 Å². The van der Waals surface area contributed by atoms with E-state index in [4.69, 9.17) is 22.0 Å². The molecular weight excluding hydrogens is 516 g/mol. The highest BCUT2D eigenvalue weighted by Crippen LogP contribution is 2.31. The van der Waals surface area contributed by atoms with E-state index >= 15 is 0 Å². The fourth-order valence-corrected chi connectivity index (χ4v) is 4.78. The van der Waals surface area contributed by atoms with Crippen LogP contribution in [-0.4, -0.2) is 50.9 Å². The van der Waals surface area contributed by atoms with Gasteiger partial charge >= 0.3 is 0 Å². The third-order valence-electron chi connectivity index (χ3n) is 6.82. The SMILES string of the molecule is C[NH2+]C1=C(C=N)CCN(c2ncc(Cl)c(Nc3ccc4c(c3)c(NC(C)c3ncccn3)cc(=O)n4C)n2)C1. The minimum atomic E-state index is -0.214. The van der Waals surface area contributed by atoms with Crippen LogP contribution in [0.25, 0.3) is 10.9 Å². The molecule has 4 aromatic rings. The molecule has 4 heterocycles. The van der Waals surface area contributed by atoms with Crippen LogP contribution < -0.4 is 26.4 Å². The number of halogens is 1. The molecule has 0 fully saturated rings. The third kappa shape index (κ3) is 5.45. The Balaban J connectivity index is 1.46. The molecule has 0 aliphatic carbocycles. The first-order chi connectivity index (χ1) is 18.9. The molecule has 3 aromatic heterocycles. The van der Waals surface area contributed by atoms with Gasteiger partial charge in [0.05, 0.1) is 31.3 Å². The van der Waals surface area contributed by atoms with Crippen molar-refractivity contribution in [2.45, 2.75) is 19.4 Å². The van der Waals surface area contributed by atoms with Gasteiger partial charge < -0.3 is 30.8 Å². The van der Waals surface area contributed by atoms with Crippen LogP contribution >= 0.6 is 11.6 Å². The Labute approximate surface area is 230 Å². The van der Waals surface area contributed by atoms with Crippen LogP contribution in [0.4, 0.5) is 23.1 Å². The summed E-state index contributed by atoms with van der Waals surface area (Å²) in [5, 5.41) is 17.6. The van der Waals surface area contributed by atoms with Gasteiger partial charge in [-0.15, -0.1) is 0 Å². The molecule has 0 radical (unpaired) electrons. The van der Waals surface area contributed by atoms with Crippen molar-refractivity contribution in [3.63, 3.8) is 0 Å². The van der Waals surface area contributed by atoms with Crippen molar-refractivity contribution >= 4 is 51.9 Å². The van der Waals surface area contributed by atoms with Crippen LogP contribution in [0.2, 0.25) is 5.02 Å². The minimum absolute atomic E-state index is 0.124. The number of anilines is 4. The number of quaternary nitrogens is 1. The molecule has 0 saturated heterocycles. The Hall–Kier alpha value is -4.35. The van der Waals surface area contributed by atoms with Crippen molar-refractivity contribution in [2.24, 2.45) is 7.05 Å². The average molecular weight is 546 g/mol. The summed E-state index contributed by atoms with van der Waals surface area (Å²) in [7, 11) is 3.72. The molecule has 12 heteroatoms. The number of aromatic nitrogens is 5. The Kier molecular flexibility index (Phi) is 7.53. The molecule has 5 N–H and O–H groups in total. The fourth-order valence-electron chi connectivity index (χ4n) is 4.64. The molecule has 1 aromatic carbocycles. The lowest BCUT2D eigenvalue weighted by Crippen LogP contribution is -2.80. The van der Waals surface area contributed by atoms with Crippen LogP contribution in [0, 0.1) is 5.41 Å². The van der Waals surface area contributed by atoms with Crippen molar-refractivity contribution in [3.8, 4) is 0 Å². The summed E-state index contributed by atoms with van der Waals surface area (Å²) in [5.41, 5.74) is 4.21. The standard InChI is InChI=1S/C27H29ClN10O/c1-16(25-31-8-4-9-32-25)34-21-12-24(39)37(3)23-6-5-18(11-19(21)23)35-26-20(28)14-33-27(36-26)38-10-7-17(13-29)22(15-38)30-2/h4-6,8-9,11-14,16,29-30,34H,7,10,15H2,1-3H3,(H,33,35,36)/p+1. The van der Waals surface area contributed by atoms with Gasteiger partial charge in [0.2, 0.25) is 5.95 Å². The number of nitrogens with two attached hydrogens (primary N) is 1. The third-order valence-corrected chi connectivity index (χ3v) is 7.09. The smallest absolute Gasteiger partial charge is 0.252 e. The monoisotopic (exact) mass is 545 g/mol. The lowest BCUT2D eigenvalue weighted by Gasteiger charge is -2.27. The van der Waals surface area contributed by atoms with E-state index in [1.165, 1.54) is 6.21 Å². The highest BCUT2D eigenvalue weighted by atomic mass is 35.5. The zero-order valence-corrected chi connectivity index (χ0v) is 22.7. The maximum Gasteiger partial charge on any atom is 0.252 e. The topological polar surface area (TPSA) is 141 Å². The second-order valence-corrected chi connectivity index (χ2v) is 9.71. The summed E-state index contributed by atoms with van der Waals surface area (Å²) in [6, 6.07) is 8.86. The molecule has 5 rings (SSSR count). The van der Waals surface area contributed by atoms with E-state index in [1.54, 1.807) is 42.3 Å². The molecule has 1 atom stereocenters. The van der Waals surface area contributed by atoms with Gasteiger partial charge in [-0.05, 0) is 37.6 Å². The summed E-state index contributed by atoms with van der Waals surface area (Å²) >= 11 is 6.50. The summed E-state index contributed by atoms with van der Waals surface area (Å²) in [6.45, 7) is 3.29. The quantitative estimate of drug-likeness (QED) is 0.248. The number of nitrogens with zero attached hydrogens (tertiary/aromatic N) is 6. The highest BCUT2D eigenvalue weighted by molar-refractivity contribution is 6.32. The fraction of sp³-hybridized carbons (Fsp3) is 0.259. The molecule has 0 bridgehead atoms. The van der Waals surface area contributed by atoms with Crippen molar-refractivity contribution in [1.29, 1.82) is 5.41 Å². The van der Waals surface area contributed by atoms with E-state index in [1.807, 2.05) is 37.5 Å². The summed E-state index contributed by atoms with van der Waals surface area (Å²) < 4.78 is 1.61. The van der Waals surface area contributed by atoms with E-state index in [9.17, 15) is 4.79 Å². The van der Waals surface area contributed by atoms with Crippen LogP contribution in [0.15, 0.2) is 65.0 Å². The largest absolute Gasteiger partial charge is 0.375 e. The lowest BCUT2D eigenvalue weighted by molar-refractivity contribution is -0.577. The molecule has 1 aliphatic rings. The summed E-state index contributed by atoms with van der Waals surface area (Å²) in [6.07, 6.45) is 7.16. The van der Waals surface area contributed by atoms with Crippen molar-refractivity contribution in [2.75, 3.05) is 35.7 Å². The maximum atomic E-state index is 12.7. The van der Waals surface area contributed by atoms with Gasteiger partial charge in [-0.25, -0.2) is 15.0 Å². The van der Waals surface area contributed by atoms with Crippen LogP contribution in [0.1, 0.15) is 25.2 Å². The van der Waals surface area contributed by atoms with Gasteiger partial charge in [-0.1, -0.05) is 11.6 Å². The Morgan fingerprint density at radius 2 is 2.00 bits per heavy atom. The van der Waals surface area contributed by atoms with Crippen LogP contribution in [0.3, 0.4) is 0 Å². The average Bonchev–Trinajstić information content (AvgIpc) is 2.97. The molecule has 1 aliphatic heterocycles. The number of nitrogens with one attached hydrogen (secondary N) is 3. The second kappa shape index (κ2) is 11.2. The second-order valence-electron chi connectivity index (χ2n) is 9.31. The molecule has 1 unspecified atom stereocenters. The van der Waals surface area contributed by atoms with Crippen LogP contribution in [-0.2, 0) is 7.05 Å². The Morgan fingerprint density at radius 3 is 2.74 bits per heavy atom. The molecule has 0 saturated carbocycles. The lowest BCUT2D eigenvalue weighted by atomic mass is 10.1. The van der Waals surface area contributed by atoms with Gasteiger partial charge in [0.15, 0.2) is 5.82 Å². The maximum absolute atomic E-state index is 12.7. The van der Waals surface area contributed by atoms with Gasteiger partial charge in [-0.3, -0.25) is 4.79 Å². The zero-order chi connectivity index (χ0) is 27.5. The van der Waals surface area contributed by atoms with E-state index < -0.39 is 0 Å².